The standard InChI is InChI=1S/C45H41N3O3/c1-44(38-20-13-21-39(30-38)46-43(33-14-7-4-8-15-33)34-16-9-5-10-17-34)32-51-31-42(47-44)48-45(35-18-11-6-12-19-35,36-22-26-40(49-2)27-23-36)37-24-28-41(50-3)29-25-37/h4-30H,31-32H2,1-3H3,(H,47,48). The number of aliphatic imine (C=N–C) groups is 2. The monoisotopic (exact) mass is 671 g/mol. The van der Waals surface area contributed by atoms with Crippen LogP contribution in [0.4, 0.5) is 5.69 Å². The van der Waals surface area contributed by atoms with Gasteiger partial charge in [0, 0.05) is 11.1 Å². The highest BCUT2D eigenvalue weighted by atomic mass is 16.5. The topological polar surface area (TPSA) is 64.4 Å². The first-order chi connectivity index (χ1) is 25.0. The van der Waals surface area contributed by atoms with Crippen molar-refractivity contribution in [2.75, 3.05) is 27.4 Å². The third-order valence-electron chi connectivity index (χ3n) is 9.39. The van der Waals surface area contributed by atoms with Crippen LogP contribution in [0.15, 0.2) is 174 Å². The van der Waals surface area contributed by atoms with E-state index in [1.807, 2.05) is 78.9 Å². The van der Waals surface area contributed by atoms with Crippen molar-refractivity contribution in [1.29, 1.82) is 0 Å². The van der Waals surface area contributed by atoms with Crippen LogP contribution in [0.3, 0.4) is 0 Å². The second-order valence-electron chi connectivity index (χ2n) is 12.8. The Balaban J connectivity index is 1.32. The third-order valence-corrected chi connectivity index (χ3v) is 9.39. The minimum Gasteiger partial charge on any atom is -0.497 e. The fourth-order valence-corrected chi connectivity index (χ4v) is 6.75. The molecule has 6 aromatic rings. The van der Waals surface area contributed by atoms with Gasteiger partial charge in [0.15, 0.2) is 0 Å². The molecule has 0 bridgehead atoms. The summed E-state index contributed by atoms with van der Waals surface area (Å²) < 4.78 is 17.5. The molecule has 6 nitrogen and oxygen atoms in total. The van der Waals surface area contributed by atoms with E-state index >= 15 is 0 Å². The summed E-state index contributed by atoms with van der Waals surface area (Å²) >= 11 is 0. The largest absolute Gasteiger partial charge is 0.497 e. The maximum absolute atomic E-state index is 6.37. The summed E-state index contributed by atoms with van der Waals surface area (Å²) in [5.41, 5.74) is 6.52. The van der Waals surface area contributed by atoms with Crippen LogP contribution in [0, 0.1) is 0 Å². The SMILES string of the molecule is COc1ccc(C(NC2=NC(C)(c3cccc(N=C(c4ccccc4)c4ccccc4)c3)COC2)(c2ccccc2)c2ccc(OC)cc2)cc1. The van der Waals surface area contributed by atoms with Crippen molar-refractivity contribution in [3.63, 3.8) is 0 Å². The third kappa shape index (κ3) is 7.05. The van der Waals surface area contributed by atoms with E-state index in [1.165, 1.54) is 0 Å². The van der Waals surface area contributed by atoms with Gasteiger partial charge in [0.25, 0.3) is 0 Å². The maximum Gasteiger partial charge on any atom is 0.125 e. The van der Waals surface area contributed by atoms with Crippen LogP contribution in [0.5, 0.6) is 11.5 Å². The second-order valence-corrected chi connectivity index (χ2v) is 12.8. The summed E-state index contributed by atoms with van der Waals surface area (Å²) in [6.45, 7) is 2.89. The van der Waals surface area contributed by atoms with E-state index in [0.29, 0.717) is 13.2 Å². The Bertz CT molecular complexity index is 2030. The maximum atomic E-state index is 6.37. The summed E-state index contributed by atoms with van der Waals surface area (Å²) in [5.74, 6) is 2.31. The zero-order valence-electron chi connectivity index (χ0n) is 29.1. The molecule has 0 aliphatic carbocycles. The van der Waals surface area contributed by atoms with Gasteiger partial charge in [-0.3, -0.25) is 4.99 Å². The molecule has 1 atom stereocenters. The molecular formula is C45H41N3O3. The Morgan fingerprint density at radius 2 is 1.16 bits per heavy atom. The quantitative estimate of drug-likeness (QED) is 0.117. The highest BCUT2D eigenvalue weighted by Gasteiger charge is 2.40. The van der Waals surface area contributed by atoms with Gasteiger partial charge in [-0.2, -0.15) is 0 Å². The van der Waals surface area contributed by atoms with Crippen LogP contribution in [0.25, 0.3) is 0 Å². The number of hydrogen-bond donors (Lipinski definition) is 1. The van der Waals surface area contributed by atoms with Gasteiger partial charge >= 0.3 is 0 Å². The van der Waals surface area contributed by atoms with Gasteiger partial charge < -0.3 is 19.5 Å². The summed E-state index contributed by atoms with van der Waals surface area (Å²) in [7, 11) is 3.36. The normalized spacial score (nSPS) is 15.7. The van der Waals surface area contributed by atoms with Gasteiger partial charge in [-0.25, -0.2) is 4.99 Å². The average Bonchev–Trinajstić information content (AvgIpc) is 3.20. The number of hydrogen-bond acceptors (Lipinski definition) is 6. The Morgan fingerprint density at radius 3 is 1.69 bits per heavy atom. The molecule has 1 unspecified atom stereocenters. The number of rotatable bonds is 10. The highest BCUT2D eigenvalue weighted by Crippen LogP contribution is 2.39. The number of amidine groups is 1. The number of ether oxygens (including phenoxy) is 3. The van der Waals surface area contributed by atoms with Gasteiger partial charge in [-0.05, 0) is 65.6 Å². The number of methoxy groups -OCH3 is 2. The molecule has 0 amide bonds. The van der Waals surface area contributed by atoms with E-state index in [4.69, 9.17) is 24.2 Å². The molecule has 6 heteroatoms. The van der Waals surface area contributed by atoms with Crippen molar-refractivity contribution in [3.8, 4) is 11.5 Å². The first kappa shape index (κ1) is 33.5. The van der Waals surface area contributed by atoms with Crippen molar-refractivity contribution in [2.24, 2.45) is 9.98 Å². The molecule has 1 heterocycles. The molecule has 6 aromatic carbocycles. The zero-order valence-corrected chi connectivity index (χ0v) is 29.1. The molecule has 254 valence electrons. The predicted octanol–water partition coefficient (Wildman–Crippen LogP) is 9.10. The van der Waals surface area contributed by atoms with E-state index in [9.17, 15) is 0 Å². The van der Waals surface area contributed by atoms with E-state index in [0.717, 1.165) is 62.1 Å². The van der Waals surface area contributed by atoms with Crippen LogP contribution < -0.4 is 14.8 Å². The minimum atomic E-state index is -0.813. The summed E-state index contributed by atoms with van der Waals surface area (Å²) in [4.78, 5) is 10.6. The molecule has 51 heavy (non-hydrogen) atoms. The first-order valence-electron chi connectivity index (χ1n) is 17.1. The molecule has 0 spiro atoms. The molecule has 0 saturated heterocycles. The summed E-state index contributed by atoms with van der Waals surface area (Å²) in [6.07, 6.45) is 0. The Hall–Kier alpha value is -5.98. The van der Waals surface area contributed by atoms with Gasteiger partial charge in [0.2, 0.25) is 0 Å². The molecule has 0 fully saturated rings. The van der Waals surface area contributed by atoms with E-state index < -0.39 is 11.1 Å². The van der Waals surface area contributed by atoms with Crippen molar-refractivity contribution < 1.29 is 14.2 Å². The molecule has 1 N–H and O–H groups in total. The van der Waals surface area contributed by atoms with Gasteiger partial charge in [-0.15, -0.1) is 0 Å². The van der Waals surface area contributed by atoms with E-state index in [2.05, 4.69) is 97.2 Å². The lowest BCUT2D eigenvalue weighted by molar-refractivity contribution is 0.103. The average molecular weight is 672 g/mol. The number of nitrogens with zero attached hydrogens (tertiary/aromatic N) is 2. The molecule has 0 radical (unpaired) electrons. The first-order valence-corrected chi connectivity index (χ1v) is 17.1. The molecule has 1 aliphatic rings. The summed E-state index contributed by atoms with van der Waals surface area (Å²) in [5, 5.41) is 3.92. The fraction of sp³-hybridized carbons (Fsp3) is 0.156. The second kappa shape index (κ2) is 14.9. The Kier molecular flexibility index (Phi) is 9.77. The number of benzene rings is 6. The summed E-state index contributed by atoms with van der Waals surface area (Å²) in [6, 6.07) is 55.7. The van der Waals surface area contributed by atoms with Crippen LogP contribution in [-0.4, -0.2) is 39.0 Å². The number of nitrogens with one attached hydrogen (secondary N) is 1. The lowest BCUT2D eigenvalue weighted by atomic mass is 9.76. The molecule has 7 rings (SSSR count). The van der Waals surface area contributed by atoms with E-state index in [1.54, 1.807) is 14.2 Å². The lowest BCUT2D eigenvalue weighted by Crippen LogP contribution is -2.51. The Labute approximate surface area is 300 Å². The van der Waals surface area contributed by atoms with Crippen molar-refractivity contribution in [1.82, 2.24) is 5.32 Å². The van der Waals surface area contributed by atoms with Crippen molar-refractivity contribution in [3.05, 3.63) is 197 Å². The van der Waals surface area contributed by atoms with E-state index in [-0.39, 0.29) is 0 Å². The molecule has 1 aliphatic heterocycles. The highest BCUT2D eigenvalue weighted by molar-refractivity contribution is 6.13. The van der Waals surface area contributed by atoms with Gasteiger partial charge in [0.05, 0.1) is 32.2 Å². The minimum absolute atomic E-state index is 0.334. The fourth-order valence-electron chi connectivity index (χ4n) is 6.75. The van der Waals surface area contributed by atoms with Crippen molar-refractivity contribution in [2.45, 2.75) is 18.0 Å². The molecular weight excluding hydrogens is 631 g/mol. The van der Waals surface area contributed by atoms with Gasteiger partial charge in [-0.1, -0.05) is 127 Å². The zero-order chi connectivity index (χ0) is 35.1. The van der Waals surface area contributed by atoms with Gasteiger partial charge in [0.1, 0.15) is 35.0 Å². The smallest absolute Gasteiger partial charge is 0.125 e. The van der Waals surface area contributed by atoms with Crippen LogP contribution in [0.1, 0.15) is 40.3 Å². The Morgan fingerprint density at radius 1 is 0.647 bits per heavy atom. The van der Waals surface area contributed by atoms with Crippen molar-refractivity contribution >= 4 is 17.2 Å². The molecule has 0 saturated carbocycles. The lowest BCUT2D eigenvalue weighted by Gasteiger charge is -2.40. The predicted molar refractivity (Wildman–Crippen MR) is 206 cm³/mol. The van der Waals surface area contributed by atoms with Crippen LogP contribution in [-0.2, 0) is 15.8 Å². The van der Waals surface area contributed by atoms with Crippen LogP contribution in [0.2, 0.25) is 0 Å². The van der Waals surface area contributed by atoms with Crippen LogP contribution >= 0.6 is 0 Å². The molecule has 0 aromatic heterocycles.